The third-order valence-electron chi connectivity index (χ3n) is 3.12. The summed E-state index contributed by atoms with van der Waals surface area (Å²) in [6, 6.07) is 10.4. The molecule has 7 nitrogen and oxygen atoms in total. The minimum atomic E-state index is -0.289. The van der Waals surface area contributed by atoms with E-state index in [9.17, 15) is 4.79 Å². The number of carbonyl (C=O) groups is 1. The number of aromatic nitrogens is 4. The number of amides is 1. The lowest BCUT2D eigenvalue weighted by Gasteiger charge is -2.08. The second-order valence-corrected chi connectivity index (χ2v) is 6.58. The van der Waals surface area contributed by atoms with Gasteiger partial charge in [-0.1, -0.05) is 47.1 Å². The maximum atomic E-state index is 12.1. The van der Waals surface area contributed by atoms with Gasteiger partial charge in [-0.05, 0) is 24.3 Å². The van der Waals surface area contributed by atoms with Crippen molar-refractivity contribution in [1.82, 2.24) is 19.9 Å². The van der Waals surface area contributed by atoms with Crippen LogP contribution in [0.15, 0.2) is 47.8 Å². The fourth-order valence-corrected chi connectivity index (χ4v) is 3.12. The van der Waals surface area contributed by atoms with Gasteiger partial charge in [0.25, 0.3) is 0 Å². The van der Waals surface area contributed by atoms with E-state index >= 15 is 0 Å². The molecule has 0 fully saturated rings. The molecular weight excluding hydrogens is 383 g/mol. The van der Waals surface area contributed by atoms with Crippen LogP contribution in [0.25, 0.3) is 11.5 Å². The Morgan fingerprint density at radius 3 is 2.60 bits per heavy atom. The Balaban J connectivity index is 1.66. The number of halogens is 2. The molecule has 0 atom stereocenters. The molecule has 128 valence electrons. The Hall–Kier alpha value is -2.29. The Bertz CT molecular complexity index is 882. The highest BCUT2D eigenvalue weighted by Gasteiger charge is 2.15. The van der Waals surface area contributed by atoms with Crippen molar-refractivity contribution >= 4 is 46.6 Å². The van der Waals surface area contributed by atoms with Gasteiger partial charge in [0, 0.05) is 6.20 Å². The summed E-state index contributed by atoms with van der Waals surface area (Å²) in [4.78, 5) is 16.3. The average molecular weight is 395 g/mol. The molecule has 25 heavy (non-hydrogen) atoms. The number of thioether (sulfide) groups is 1. The van der Waals surface area contributed by atoms with Gasteiger partial charge in [0.2, 0.25) is 16.9 Å². The molecule has 2 aromatic heterocycles. The lowest BCUT2D eigenvalue weighted by atomic mass is 10.3. The number of hydrogen-bond donors (Lipinski definition) is 2. The highest BCUT2D eigenvalue weighted by Crippen LogP contribution is 2.30. The number of anilines is 1. The van der Waals surface area contributed by atoms with E-state index in [4.69, 9.17) is 29.0 Å². The first kappa shape index (κ1) is 17.5. The van der Waals surface area contributed by atoms with E-state index in [1.54, 1.807) is 36.5 Å². The highest BCUT2D eigenvalue weighted by molar-refractivity contribution is 7.99. The number of nitrogens with zero attached hydrogens (tertiary/aromatic N) is 4. The molecule has 0 saturated carbocycles. The first-order valence-corrected chi connectivity index (χ1v) is 8.79. The van der Waals surface area contributed by atoms with Crippen LogP contribution in [-0.4, -0.2) is 31.5 Å². The van der Waals surface area contributed by atoms with Crippen molar-refractivity contribution in [1.29, 1.82) is 0 Å². The minimum Gasteiger partial charge on any atom is -0.335 e. The van der Waals surface area contributed by atoms with E-state index in [2.05, 4.69) is 20.5 Å². The largest absolute Gasteiger partial charge is 0.335 e. The summed E-state index contributed by atoms with van der Waals surface area (Å²) >= 11 is 13.2. The van der Waals surface area contributed by atoms with Crippen LogP contribution in [0.3, 0.4) is 0 Å². The molecule has 3 aromatic rings. The maximum absolute atomic E-state index is 12.1. The smallest absolute Gasteiger partial charge is 0.234 e. The zero-order valence-electron chi connectivity index (χ0n) is 12.7. The average Bonchev–Trinajstić information content (AvgIpc) is 2.98. The third-order valence-corrected chi connectivity index (χ3v) is 4.69. The van der Waals surface area contributed by atoms with Crippen LogP contribution < -0.4 is 11.2 Å². The summed E-state index contributed by atoms with van der Waals surface area (Å²) in [6.07, 6.45) is 1.64. The molecule has 1 amide bonds. The summed E-state index contributed by atoms with van der Waals surface area (Å²) < 4.78 is 1.29. The van der Waals surface area contributed by atoms with Crippen molar-refractivity contribution in [2.45, 2.75) is 5.16 Å². The van der Waals surface area contributed by atoms with Gasteiger partial charge in [0.15, 0.2) is 0 Å². The van der Waals surface area contributed by atoms with Crippen molar-refractivity contribution in [2.24, 2.45) is 0 Å². The van der Waals surface area contributed by atoms with Crippen LogP contribution >= 0.6 is 35.0 Å². The van der Waals surface area contributed by atoms with Crippen LogP contribution in [-0.2, 0) is 4.79 Å². The van der Waals surface area contributed by atoms with Crippen molar-refractivity contribution in [2.75, 3.05) is 16.9 Å². The fraction of sp³-hybridized carbons (Fsp3) is 0.0667. The van der Waals surface area contributed by atoms with Gasteiger partial charge in [-0.2, -0.15) is 0 Å². The summed E-state index contributed by atoms with van der Waals surface area (Å²) in [5.41, 5.74) is 0.969. The number of carbonyl (C=O) groups excluding carboxylic acids is 1. The molecule has 0 aliphatic heterocycles. The number of nitrogen functional groups attached to an aromatic ring is 1. The van der Waals surface area contributed by atoms with Crippen LogP contribution in [0.1, 0.15) is 0 Å². The van der Waals surface area contributed by atoms with Gasteiger partial charge in [0.05, 0.1) is 21.5 Å². The standard InChI is InChI=1S/C15H12Cl2N6OS/c16-9-4-3-5-10(17)13(9)20-12(24)8-25-15-22-21-14(23(15)18)11-6-1-2-7-19-11/h1-7H,8,18H2,(H,20,24). The number of benzene rings is 1. The van der Waals surface area contributed by atoms with Gasteiger partial charge in [-0.3, -0.25) is 9.78 Å². The first-order valence-electron chi connectivity index (χ1n) is 7.05. The topological polar surface area (TPSA) is 98.7 Å². The minimum absolute atomic E-state index is 0.0686. The number of pyridine rings is 1. The number of nitrogens with one attached hydrogen (secondary N) is 1. The highest BCUT2D eigenvalue weighted by atomic mass is 35.5. The van der Waals surface area contributed by atoms with Gasteiger partial charge >= 0.3 is 0 Å². The quantitative estimate of drug-likeness (QED) is 0.509. The summed E-state index contributed by atoms with van der Waals surface area (Å²) in [6.45, 7) is 0. The molecule has 0 bridgehead atoms. The second-order valence-electron chi connectivity index (χ2n) is 4.82. The molecule has 0 radical (unpaired) electrons. The van der Waals surface area contributed by atoms with Crippen molar-refractivity contribution in [3.05, 3.63) is 52.6 Å². The van der Waals surface area contributed by atoms with Gasteiger partial charge in [0.1, 0.15) is 5.69 Å². The van der Waals surface area contributed by atoms with E-state index < -0.39 is 0 Å². The van der Waals surface area contributed by atoms with Crippen LogP contribution in [0.4, 0.5) is 5.69 Å². The molecule has 0 spiro atoms. The molecule has 0 unspecified atom stereocenters. The van der Waals surface area contributed by atoms with E-state index in [-0.39, 0.29) is 11.7 Å². The number of nitrogens with two attached hydrogens (primary N) is 1. The van der Waals surface area contributed by atoms with Crippen molar-refractivity contribution in [3.63, 3.8) is 0 Å². The molecule has 1 aromatic carbocycles. The maximum Gasteiger partial charge on any atom is 0.234 e. The number of para-hydroxylation sites is 1. The van der Waals surface area contributed by atoms with Crippen molar-refractivity contribution < 1.29 is 4.79 Å². The summed E-state index contributed by atoms with van der Waals surface area (Å²) in [5, 5.41) is 11.8. The monoisotopic (exact) mass is 394 g/mol. The molecule has 10 heteroatoms. The third kappa shape index (κ3) is 4.04. The van der Waals surface area contributed by atoms with Crippen LogP contribution in [0, 0.1) is 0 Å². The zero-order valence-corrected chi connectivity index (χ0v) is 15.0. The summed E-state index contributed by atoms with van der Waals surface area (Å²) in [7, 11) is 0. The Morgan fingerprint density at radius 1 is 1.16 bits per heavy atom. The first-order chi connectivity index (χ1) is 12.1. The Labute approximate surface area is 157 Å². The normalized spacial score (nSPS) is 10.6. The van der Waals surface area contributed by atoms with E-state index in [0.717, 1.165) is 11.8 Å². The van der Waals surface area contributed by atoms with Gasteiger partial charge < -0.3 is 11.2 Å². The lowest BCUT2D eigenvalue weighted by Crippen LogP contribution is -2.17. The molecule has 3 N–H and O–H groups in total. The van der Waals surface area contributed by atoms with E-state index in [1.807, 2.05) is 6.07 Å². The van der Waals surface area contributed by atoms with E-state index in [1.165, 1.54) is 4.68 Å². The summed E-state index contributed by atoms with van der Waals surface area (Å²) in [5.74, 6) is 6.17. The molecule has 0 saturated heterocycles. The van der Waals surface area contributed by atoms with Gasteiger partial charge in [-0.25, -0.2) is 4.68 Å². The molecule has 0 aliphatic rings. The molecule has 3 rings (SSSR count). The molecule has 0 aliphatic carbocycles. The SMILES string of the molecule is Nn1c(SCC(=O)Nc2c(Cl)cccc2Cl)nnc1-c1ccccn1. The Kier molecular flexibility index (Phi) is 5.42. The van der Waals surface area contributed by atoms with E-state index in [0.29, 0.717) is 32.4 Å². The second kappa shape index (κ2) is 7.73. The zero-order chi connectivity index (χ0) is 17.8. The predicted molar refractivity (Wildman–Crippen MR) is 99.2 cm³/mol. The molecule has 2 heterocycles. The van der Waals surface area contributed by atoms with Crippen LogP contribution in [0.2, 0.25) is 10.0 Å². The van der Waals surface area contributed by atoms with Crippen LogP contribution in [0.5, 0.6) is 0 Å². The molecular formula is C15H12Cl2N6OS. The lowest BCUT2D eigenvalue weighted by molar-refractivity contribution is -0.113. The Morgan fingerprint density at radius 2 is 1.92 bits per heavy atom. The predicted octanol–water partition coefficient (Wildman–Crippen LogP) is 3.09. The van der Waals surface area contributed by atoms with Gasteiger partial charge in [-0.15, -0.1) is 10.2 Å². The fourth-order valence-electron chi connectivity index (χ4n) is 1.97. The number of hydrogen-bond acceptors (Lipinski definition) is 6. The van der Waals surface area contributed by atoms with Crippen molar-refractivity contribution in [3.8, 4) is 11.5 Å². The number of rotatable bonds is 5.